The van der Waals surface area contributed by atoms with Crippen LogP contribution < -0.4 is 5.32 Å². The molecule has 2 aromatic rings. The van der Waals surface area contributed by atoms with Gasteiger partial charge in [0.2, 0.25) is 5.91 Å². The Hall–Kier alpha value is -2.35. The fraction of sp³-hybridized carbons (Fsp3) is 0.118. The van der Waals surface area contributed by atoms with Crippen LogP contribution in [0.25, 0.3) is 6.08 Å². The van der Waals surface area contributed by atoms with Gasteiger partial charge in [-0.2, -0.15) is 0 Å². The van der Waals surface area contributed by atoms with Crippen LogP contribution in [0.5, 0.6) is 0 Å². The summed E-state index contributed by atoms with van der Waals surface area (Å²) in [7, 11) is 0. The summed E-state index contributed by atoms with van der Waals surface area (Å²) in [6, 6.07) is 18.0. The van der Waals surface area contributed by atoms with Crippen molar-refractivity contribution in [3.05, 3.63) is 71.8 Å². The second-order valence-electron chi connectivity index (χ2n) is 4.36. The van der Waals surface area contributed by atoms with Gasteiger partial charge in [0, 0.05) is 12.6 Å². The Labute approximate surface area is 113 Å². The maximum atomic E-state index is 11.1. The number of benzene rings is 2. The van der Waals surface area contributed by atoms with Crippen molar-refractivity contribution in [2.75, 3.05) is 5.32 Å². The Balaban J connectivity index is 2.07. The molecule has 2 aromatic carbocycles. The van der Waals surface area contributed by atoms with Crippen LogP contribution in [0.3, 0.4) is 0 Å². The molecule has 0 spiro atoms. The number of hydrogen-bond donors (Lipinski definition) is 1. The van der Waals surface area contributed by atoms with E-state index in [1.807, 2.05) is 42.5 Å². The first-order chi connectivity index (χ1) is 9.25. The van der Waals surface area contributed by atoms with E-state index in [9.17, 15) is 4.79 Å². The van der Waals surface area contributed by atoms with Crippen molar-refractivity contribution in [3.8, 4) is 0 Å². The summed E-state index contributed by atoms with van der Waals surface area (Å²) in [4.78, 5) is 11.1. The lowest BCUT2D eigenvalue weighted by molar-refractivity contribution is -0.114. The van der Waals surface area contributed by atoms with Gasteiger partial charge < -0.3 is 5.32 Å². The summed E-state index contributed by atoms with van der Waals surface area (Å²) in [5.74, 6) is -0.0421. The third kappa shape index (κ3) is 4.11. The van der Waals surface area contributed by atoms with Gasteiger partial charge in [0.05, 0.1) is 0 Å². The zero-order valence-electron chi connectivity index (χ0n) is 11.0. The van der Waals surface area contributed by atoms with Gasteiger partial charge in [-0.05, 0) is 23.6 Å². The van der Waals surface area contributed by atoms with E-state index in [4.69, 9.17) is 0 Å². The Morgan fingerprint density at radius 1 is 1.05 bits per heavy atom. The molecule has 19 heavy (non-hydrogen) atoms. The number of hydrogen-bond acceptors (Lipinski definition) is 1. The van der Waals surface area contributed by atoms with Crippen LogP contribution in [0.2, 0.25) is 0 Å². The first kappa shape index (κ1) is 13.1. The highest BCUT2D eigenvalue weighted by molar-refractivity contribution is 5.89. The molecular formula is C17H17NO. The molecule has 0 aliphatic heterocycles. The standard InChI is InChI=1S/C17H17NO/c1-14(19)18-17-13-6-5-11-16(17)12-7-10-15-8-3-2-4-9-15/h2-11,13H,12H2,1H3,(H,18,19)/b10-7+. The average Bonchev–Trinajstić information content (AvgIpc) is 2.41. The maximum Gasteiger partial charge on any atom is 0.221 e. The van der Waals surface area contributed by atoms with Crippen LogP contribution >= 0.6 is 0 Å². The van der Waals surface area contributed by atoms with Gasteiger partial charge in [0.25, 0.3) is 0 Å². The Morgan fingerprint density at radius 2 is 1.74 bits per heavy atom. The van der Waals surface area contributed by atoms with Crippen molar-refractivity contribution < 1.29 is 4.79 Å². The molecule has 0 unspecified atom stereocenters. The molecule has 1 amide bonds. The van der Waals surface area contributed by atoms with Crippen LogP contribution in [-0.4, -0.2) is 5.91 Å². The number of anilines is 1. The second-order valence-corrected chi connectivity index (χ2v) is 4.36. The summed E-state index contributed by atoms with van der Waals surface area (Å²) >= 11 is 0. The Bertz CT molecular complexity index is 573. The summed E-state index contributed by atoms with van der Waals surface area (Å²) < 4.78 is 0. The molecule has 0 heterocycles. The lowest BCUT2D eigenvalue weighted by Crippen LogP contribution is -2.07. The van der Waals surface area contributed by atoms with Crippen LogP contribution in [0.1, 0.15) is 18.1 Å². The molecule has 96 valence electrons. The van der Waals surface area contributed by atoms with E-state index in [0.717, 1.165) is 17.7 Å². The minimum absolute atomic E-state index is 0.0421. The van der Waals surface area contributed by atoms with E-state index in [0.29, 0.717) is 0 Å². The zero-order chi connectivity index (χ0) is 13.5. The quantitative estimate of drug-likeness (QED) is 0.877. The third-order valence-corrected chi connectivity index (χ3v) is 2.78. The summed E-state index contributed by atoms with van der Waals surface area (Å²) in [6.45, 7) is 1.52. The first-order valence-electron chi connectivity index (χ1n) is 6.33. The van der Waals surface area contributed by atoms with Crippen LogP contribution in [0, 0.1) is 0 Å². The topological polar surface area (TPSA) is 29.1 Å². The number of carbonyl (C=O) groups is 1. The number of para-hydroxylation sites is 1. The van der Waals surface area contributed by atoms with Crippen molar-refractivity contribution in [3.63, 3.8) is 0 Å². The molecule has 2 heteroatoms. The minimum atomic E-state index is -0.0421. The van der Waals surface area contributed by atoms with E-state index < -0.39 is 0 Å². The molecule has 1 N–H and O–H groups in total. The van der Waals surface area contributed by atoms with Gasteiger partial charge in [-0.15, -0.1) is 0 Å². The van der Waals surface area contributed by atoms with Crippen LogP contribution in [-0.2, 0) is 11.2 Å². The Kier molecular flexibility index (Phi) is 4.51. The van der Waals surface area contributed by atoms with E-state index in [-0.39, 0.29) is 5.91 Å². The van der Waals surface area contributed by atoms with E-state index in [1.165, 1.54) is 12.5 Å². The van der Waals surface area contributed by atoms with E-state index in [1.54, 1.807) is 0 Å². The number of allylic oxidation sites excluding steroid dienone is 1. The predicted octanol–water partition coefficient (Wildman–Crippen LogP) is 3.90. The Morgan fingerprint density at radius 3 is 2.47 bits per heavy atom. The molecule has 0 saturated carbocycles. The molecule has 0 atom stereocenters. The second kappa shape index (κ2) is 6.55. The van der Waals surface area contributed by atoms with Crippen molar-refractivity contribution >= 4 is 17.7 Å². The summed E-state index contributed by atoms with van der Waals surface area (Å²) in [5.41, 5.74) is 3.18. The number of rotatable bonds is 4. The van der Waals surface area contributed by atoms with Crippen molar-refractivity contribution in [1.82, 2.24) is 0 Å². The average molecular weight is 251 g/mol. The van der Waals surface area contributed by atoms with E-state index >= 15 is 0 Å². The van der Waals surface area contributed by atoms with Crippen molar-refractivity contribution in [1.29, 1.82) is 0 Å². The smallest absolute Gasteiger partial charge is 0.221 e. The molecule has 0 bridgehead atoms. The van der Waals surface area contributed by atoms with E-state index in [2.05, 4.69) is 29.6 Å². The van der Waals surface area contributed by atoms with Gasteiger partial charge in [-0.25, -0.2) is 0 Å². The monoisotopic (exact) mass is 251 g/mol. The fourth-order valence-corrected chi connectivity index (χ4v) is 1.90. The SMILES string of the molecule is CC(=O)Nc1ccccc1C/C=C/c1ccccc1. The lowest BCUT2D eigenvalue weighted by Gasteiger charge is -2.07. The van der Waals surface area contributed by atoms with Gasteiger partial charge in [-0.3, -0.25) is 4.79 Å². The minimum Gasteiger partial charge on any atom is -0.326 e. The molecule has 0 aromatic heterocycles. The van der Waals surface area contributed by atoms with Crippen LogP contribution in [0.15, 0.2) is 60.7 Å². The van der Waals surface area contributed by atoms with Gasteiger partial charge in [-0.1, -0.05) is 60.7 Å². The molecule has 0 radical (unpaired) electrons. The predicted molar refractivity (Wildman–Crippen MR) is 79.9 cm³/mol. The first-order valence-corrected chi connectivity index (χ1v) is 6.33. The molecule has 0 fully saturated rings. The summed E-state index contributed by atoms with van der Waals surface area (Å²) in [6.07, 6.45) is 4.99. The van der Waals surface area contributed by atoms with Crippen molar-refractivity contribution in [2.24, 2.45) is 0 Å². The zero-order valence-corrected chi connectivity index (χ0v) is 11.0. The highest BCUT2D eigenvalue weighted by atomic mass is 16.1. The fourth-order valence-electron chi connectivity index (χ4n) is 1.90. The molecule has 0 aliphatic rings. The number of carbonyl (C=O) groups excluding carboxylic acids is 1. The third-order valence-electron chi connectivity index (χ3n) is 2.78. The van der Waals surface area contributed by atoms with Gasteiger partial charge in [0.15, 0.2) is 0 Å². The molecule has 0 aliphatic carbocycles. The number of amides is 1. The molecule has 2 nitrogen and oxygen atoms in total. The molecule has 0 saturated heterocycles. The van der Waals surface area contributed by atoms with Crippen molar-refractivity contribution in [2.45, 2.75) is 13.3 Å². The van der Waals surface area contributed by atoms with Crippen LogP contribution in [0.4, 0.5) is 5.69 Å². The molecular weight excluding hydrogens is 234 g/mol. The number of nitrogens with one attached hydrogen (secondary N) is 1. The lowest BCUT2D eigenvalue weighted by atomic mass is 10.1. The largest absolute Gasteiger partial charge is 0.326 e. The maximum absolute atomic E-state index is 11.1. The summed E-state index contributed by atoms with van der Waals surface area (Å²) in [5, 5.41) is 2.85. The van der Waals surface area contributed by atoms with Gasteiger partial charge in [0.1, 0.15) is 0 Å². The normalized spacial score (nSPS) is 10.6. The van der Waals surface area contributed by atoms with Gasteiger partial charge >= 0.3 is 0 Å². The molecule has 2 rings (SSSR count). The highest BCUT2D eigenvalue weighted by Crippen LogP contribution is 2.16. The highest BCUT2D eigenvalue weighted by Gasteiger charge is 2.00.